The van der Waals surface area contributed by atoms with E-state index in [1.807, 2.05) is 67.8 Å². The van der Waals surface area contributed by atoms with Gasteiger partial charge in [-0.2, -0.15) is 0 Å². The van der Waals surface area contributed by atoms with Gasteiger partial charge in [-0.1, -0.05) is 45.0 Å². The predicted molar refractivity (Wildman–Crippen MR) is 201 cm³/mol. The van der Waals surface area contributed by atoms with E-state index < -0.39 is 28.3 Å². The number of nitrogens with one attached hydrogen (secondary N) is 4. The smallest absolute Gasteiger partial charge is 0.320 e. The van der Waals surface area contributed by atoms with Gasteiger partial charge in [0, 0.05) is 47.3 Å². The third-order valence-electron chi connectivity index (χ3n) is 9.49. The average molecular weight is 731 g/mol. The van der Waals surface area contributed by atoms with E-state index in [9.17, 15) is 13.4 Å². The SMILES string of the molecule is C[C@H]1CCCCN1c1nnc2ccc(OC3CCC(NC(=O)N/C(=C/C(=N)C(C)(C)C)Nc4ccc(F)c(COS(C)=O)c4)c4ccccc43)cn12. The zero-order valence-corrected chi connectivity index (χ0v) is 31.1. The Morgan fingerprint density at radius 3 is 2.62 bits per heavy atom. The highest BCUT2D eigenvalue weighted by Gasteiger charge is 2.30. The second-order valence-corrected chi connectivity index (χ2v) is 15.4. The number of hydrogen-bond donors (Lipinski definition) is 4. The summed E-state index contributed by atoms with van der Waals surface area (Å²) in [5.74, 6) is 1.27. The van der Waals surface area contributed by atoms with E-state index in [1.165, 1.54) is 30.9 Å². The first-order valence-corrected chi connectivity index (χ1v) is 19.1. The normalized spacial score (nSPS) is 19.8. The molecule has 2 aromatic heterocycles. The van der Waals surface area contributed by atoms with Crippen LogP contribution < -0.4 is 25.6 Å². The molecule has 4 atom stereocenters. The van der Waals surface area contributed by atoms with E-state index in [0.29, 0.717) is 30.3 Å². The van der Waals surface area contributed by atoms with Crippen molar-refractivity contribution in [3.05, 3.63) is 95.2 Å². The Morgan fingerprint density at radius 2 is 1.87 bits per heavy atom. The van der Waals surface area contributed by atoms with Crippen LogP contribution in [0.25, 0.3) is 5.65 Å². The van der Waals surface area contributed by atoms with Crippen molar-refractivity contribution in [2.24, 2.45) is 5.41 Å². The Hall–Kier alpha value is -4.82. The Kier molecular flexibility index (Phi) is 11.2. The maximum Gasteiger partial charge on any atom is 0.320 e. The summed E-state index contributed by atoms with van der Waals surface area (Å²) >= 11 is -1.56. The fourth-order valence-corrected chi connectivity index (χ4v) is 6.85. The van der Waals surface area contributed by atoms with Crippen molar-refractivity contribution in [2.75, 3.05) is 23.0 Å². The summed E-state index contributed by atoms with van der Waals surface area (Å²) < 4.78 is 39.6. The number of urea groups is 1. The molecule has 4 aromatic rings. The summed E-state index contributed by atoms with van der Waals surface area (Å²) in [7, 11) is 0. The molecule has 0 bridgehead atoms. The highest BCUT2D eigenvalue weighted by molar-refractivity contribution is 7.79. The van der Waals surface area contributed by atoms with Gasteiger partial charge < -0.3 is 25.7 Å². The number of carbonyl (C=O) groups excluding carboxylic acids is 1. The van der Waals surface area contributed by atoms with Crippen LogP contribution in [0.2, 0.25) is 0 Å². The number of allylic oxidation sites excluding steroid dienone is 1. The molecule has 52 heavy (non-hydrogen) atoms. The van der Waals surface area contributed by atoms with Crippen molar-refractivity contribution >= 4 is 40.1 Å². The number of piperidine rings is 1. The van der Waals surface area contributed by atoms with E-state index in [-0.39, 0.29) is 35.8 Å². The van der Waals surface area contributed by atoms with Crippen LogP contribution >= 0.6 is 0 Å². The lowest BCUT2D eigenvalue weighted by Crippen LogP contribution is -2.41. The molecule has 0 radical (unpaired) electrons. The maximum absolute atomic E-state index is 14.5. The molecule has 1 fully saturated rings. The number of benzene rings is 2. The van der Waals surface area contributed by atoms with Crippen LogP contribution in [0.1, 0.15) is 88.6 Å². The Bertz CT molecular complexity index is 1990. The summed E-state index contributed by atoms with van der Waals surface area (Å²) in [5.41, 5.74) is 3.15. The molecule has 1 aliphatic carbocycles. The number of rotatable bonds is 11. The van der Waals surface area contributed by atoms with Crippen molar-refractivity contribution in [2.45, 2.75) is 84.6 Å². The van der Waals surface area contributed by atoms with Gasteiger partial charge in [0.15, 0.2) is 16.7 Å². The number of nitrogens with zero attached hydrogens (tertiary/aromatic N) is 4. The minimum Gasteiger partial charge on any atom is -0.484 e. The van der Waals surface area contributed by atoms with Crippen molar-refractivity contribution in [1.82, 2.24) is 25.2 Å². The van der Waals surface area contributed by atoms with Crippen molar-refractivity contribution in [3.8, 4) is 5.75 Å². The number of carbonyl (C=O) groups is 1. The summed E-state index contributed by atoms with van der Waals surface area (Å²) in [4.78, 5) is 15.9. The topological polar surface area (TPSA) is 146 Å². The molecule has 14 heteroatoms. The van der Waals surface area contributed by atoms with E-state index in [0.717, 1.165) is 42.1 Å². The minimum absolute atomic E-state index is 0.185. The molecule has 3 heterocycles. The summed E-state index contributed by atoms with van der Waals surface area (Å²) in [5, 5.41) is 26.6. The fraction of sp³-hybridized carbons (Fsp3) is 0.421. The molecule has 1 aliphatic heterocycles. The third-order valence-corrected chi connectivity index (χ3v) is 9.94. The summed E-state index contributed by atoms with van der Waals surface area (Å²) in [6.45, 7) is 8.69. The van der Waals surface area contributed by atoms with Gasteiger partial charge >= 0.3 is 6.03 Å². The molecule has 2 amide bonds. The fourth-order valence-electron chi connectivity index (χ4n) is 6.55. The number of halogens is 1. The number of ether oxygens (including phenoxy) is 1. The van der Waals surface area contributed by atoms with E-state index in [4.69, 9.17) is 14.3 Å². The summed E-state index contributed by atoms with van der Waals surface area (Å²) in [6.07, 6.45) is 9.41. The quantitative estimate of drug-likeness (QED) is 0.117. The Labute approximate surface area is 306 Å². The minimum atomic E-state index is -1.56. The van der Waals surface area contributed by atoms with Gasteiger partial charge in [0.2, 0.25) is 5.95 Å². The molecule has 12 nitrogen and oxygen atoms in total. The molecule has 2 aliphatic rings. The lowest BCUT2D eigenvalue weighted by molar-refractivity contribution is 0.171. The number of amides is 2. The Balaban J connectivity index is 1.17. The van der Waals surface area contributed by atoms with Crippen LogP contribution in [0, 0.1) is 16.6 Å². The first-order valence-electron chi connectivity index (χ1n) is 17.6. The predicted octanol–water partition coefficient (Wildman–Crippen LogP) is 7.33. The van der Waals surface area contributed by atoms with Gasteiger partial charge in [-0.15, -0.1) is 10.2 Å². The van der Waals surface area contributed by atoms with Crippen molar-refractivity contribution in [1.29, 1.82) is 5.41 Å². The molecule has 276 valence electrons. The largest absolute Gasteiger partial charge is 0.484 e. The number of pyridine rings is 1. The van der Waals surface area contributed by atoms with Gasteiger partial charge in [-0.05, 0) is 80.5 Å². The van der Waals surface area contributed by atoms with E-state index >= 15 is 0 Å². The lowest BCUT2D eigenvalue weighted by Gasteiger charge is -2.33. The van der Waals surface area contributed by atoms with Crippen molar-refractivity contribution < 1.29 is 22.3 Å². The molecule has 3 unspecified atom stereocenters. The number of anilines is 2. The zero-order valence-electron chi connectivity index (χ0n) is 30.2. The molecular weight excluding hydrogens is 684 g/mol. The average Bonchev–Trinajstić information content (AvgIpc) is 3.52. The second kappa shape index (κ2) is 15.8. The molecule has 0 spiro atoms. The van der Waals surface area contributed by atoms with Crippen LogP contribution in [0.15, 0.2) is 72.7 Å². The first-order chi connectivity index (χ1) is 24.9. The Morgan fingerprint density at radius 1 is 1.08 bits per heavy atom. The zero-order chi connectivity index (χ0) is 37.0. The van der Waals surface area contributed by atoms with E-state index in [1.54, 1.807) is 6.08 Å². The van der Waals surface area contributed by atoms with Gasteiger partial charge in [0.25, 0.3) is 0 Å². The third kappa shape index (κ3) is 8.79. The maximum atomic E-state index is 14.5. The number of aromatic nitrogens is 3. The van der Waals surface area contributed by atoms with Gasteiger partial charge in [0.1, 0.15) is 23.5 Å². The number of fused-ring (bicyclic) bond motifs is 2. The standard InChI is InChI=1S/C38H47FN8O4S/c1-24-10-8-9-19-46(24)37-45-44-35-18-14-27(22-47(35)37)51-32-17-16-31(28-11-6-7-12-29(28)32)42-36(48)43-34(21-33(40)38(2,3)4)41-26-13-15-30(39)25(20-26)23-50-52(5)49/h6-7,11-15,18,20-22,24,31-32,40-41H,8-10,16-17,19,23H2,1-5H3,(H2,42,43,48)/b34-21+,40-33?/t24-,31?,32?,52?/m0/s1. The van der Waals surface area contributed by atoms with Crippen LogP contribution in [0.5, 0.6) is 5.75 Å². The van der Waals surface area contributed by atoms with Gasteiger partial charge in [0.05, 0.1) is 18.8 Å². The second-order valence-electron chi connectivity index (χ2n) is 14.4. The summed E-state index contributed by atoms with van der Waals surface area (Å²) in [6, 6.07) is 15.7. The molecule has 6 rings (SSSR count). The molecule has 2 aromatic carbocycles. The first kappa shape index (κ1) is 37.0. The van der Waals surface area contributed by atoms with Gasteiger partial charge in [-0.25, -0.2) is 13.4 Å². The van der Waals surface area contributed by atoms with Crippen LogP contribution in [0.4, 0.5) is 20.8 Å². The molecule has 0 saturated carbocycles. The lowest BCUT2D eigenvalue weighted by atomic mass is 9.85. The van der Waals surface area contributed by atoms with E-state index in [2.05, 4.69) is 38.0 Å². The highest BCUT2D eigenvalue weighted by Crippen LogP contribution is 2.39. The molecular formula is C38H47FN8O4S. The van der Waals surface area contributed by atoms with Crippen LogP contribution in [-0.4, -0.2) is 49.4 Å². The molecule has 1 saturated heterocycles. The highest BCUT2D eigenvalue weighted by atomic mass is 32.2. The van der Waals surface area contributed by atoms with Gasteiger partial charge in [-0.3, -0.25) is 13.9 Å². The van der Waals surface area contributed by atoms with Crippen LogP contribution in [0.3, 0.4) is 0 Å². The monoisotopic (exact) mass is 730 g/mol. The molecule has 4 N–H and O–H groups in total. The van der Waals surface area contributed by atoms with Crippen LogP contribution in [-0.2, 0) is 21.9 Å². The van der Waals surface area contributed by atoms with Crippen molar-refractivity contribution in [3.63, 3.8) is 0 Å². The number of hydrogen-bond acceptors (Lipinski definition) is 9.